The summed E-state index contributed by atoms with van der Waals surface area (Å²) < 4.78 is 32.2. The van der Waals surface area contributed by atoms with Crippen molar-refractivity contribution in [2.24, 2.45) is 0 Å². The lowest BCUT2D eigenvalue weighted by Crippen LogP contribution is -2.16. The van der Waals surface area contributed by atoms with E-state index in [-0.39, 0.29) is 5.75 Å². The monoisotopic (exact) mass is 356 g/mol. The molecule has 2 heterocycles. The van der Waals surface area contributed by atoms with Crippen molar-refractivity contribution in [3.63, 3.8) is 0 Å². The van der Waals surface area contributed by atoms with Crippen molar-refractivity contribution < 1.29 is 13.5 Å². The van der Waals surface area contributed by atoms with Crippen LogP contribution in [0.4, 0.5) is 8.78 Å². The molecule has 0 radical (unpaired) electrons. The highest BCUT2D eigenvalue weighted by molar-refractivity contribution is 5.88. The highest BCUT2D eigenvalue weighted by Gasteiger charge is 2.16. The number of aromatic nitrogens is 1. The number of H-pyrrole nitrogens is 1. The summed E-state index contributed by atoms with van der Waals surface area (Å²) in [6, 6.07) is 9.62. The van der Waals surface area contributed by atoms with Gasteiger partial charge in [-0.2, -0.15) is 0 Å². The lowest BCUT2D eigenvalue weighted by molar-refractivity contribution is 0.294. The van der Waals surface area contributed by atoms with E-state index in [2.05, 4.69) is 28.5 Å². The van der Waals surface area contributed by atoms with Gasteiger partial charge >= 0.3 is 0 Å². The number of hydrogen-bond acceptors (Lipinski definition) is 2. The van der Waals surface area contributed by atoms with Gasteiger partial charge in [0.15, 0.2) is 11.6 Å². The van der Waals surface area contributed by atoms with Crippen LogP contribution >= 0.6 is 0 Å². The van der Waals surface area contributed by atoms with E-state index in [1.807, 2.05) is 0 Å². The largest absolute Gasteiger partial charge is 0.490 e. The summed E-state index contributed by atoms with van der Waals surface area (Å²) in [6.45, 7) is 2.35. The molecule has 0 atom stereocenters. The molecule has 1 aliphatic rings. The van der Waals surface area contributed by atoms with Crippen LogP contribution in [0.3, 0.4) is 0 Å². The summed E-state index contributed by atoms with van der Waals surface area (Å²) in [5.74, 6) is -1.04. The zero-order valence-electron chi connectivity index (χ0n) is 14.6. The number of ether oxygens (including phenoxy) is 1. The molecule has 5 heteroatoms. The maximum Gasteiger partial charge on any atom is 0.165 e. The van der Waals surface area contributed by atoms with Crippen LogP contribution in [-0.4, -0.2) is 24.7 Å². The zero-order valence-corrected chi connectivity index (χ0v) is 14.6. The van der Waals surface area contributed by atoms with Gasteiger partial charge in [0.25, 0.3) is 0 Å². The standard InChI is InChI=1S/C21H22F2N2O/c22-15-6-7-17(23)20(13-15)26-12-2-4-14-3-1-5-19-21(14)16-8-10-24-11-9-18(16)25-19/h1,3,5-7,13,24-25H,2,4,8-12H2. The van der Waals surface area contributed by atoms with E-state index in [1.165, 1.54) is 27.7 Å². The van der Waals surface area contributed by atoms with Gasteiger partial charge in [0.05, 0.1) is 6.61 Å². The average molecular weight is 356 g/mol. The van der Waals surface area contributed by atoms with Gasteiger partial charge in [-0.25, -0.2) is 8.78 Å². The van der Waals surface area contributed by atoms with Gasteiger partial charge in [-0.05, 0) is 55.1 Å². The Morgan fingerprint density at radius 3 is 2.85 bits per heavy atom. The minimum Gasteiger partial charge on any atom is -0.490 e. The quantitative estimate of drug-likeness (QED) is 0.674. The lowest BCUT2D eigenvalue weighted by Gasteiger charge is -2.09. The molecule has 2 aromatic carbocycles. The summed E-state index contributed by atoms with van der Waals surface area (Å²) >= 11 is 0. The van der Waals surface area contributed by atoms with Gasteiger partial charge in [0, 0.05) is 35.6 Å². The molecule has 0 spiro atoms. The normalized spacial score (nSPS) is 14.2. The van der Waals surface area contributed by atoms with Gasteiger partial charge in [-0.1, -0.05) is 12.1 Å². The summed E-state index contributed by atoms with van der Waals surface area (Å²) in [6.07, 6.45) is 3.63. The highest BCUT2D eigenvalue weighted by Crippen LogP contribution is 2.28. The second kappa shape index (κ2) is 7.46. The topological polar surface area (TPSA) is 37.0 Å². The van der Waals surface area contributed by atoms with Crippen LogP contribution in [0.15, 0.2) is 36.4 Å². The number of benzene rings is 2. The van der Waals surface area contributed by atoms with Crippen LogP contribution in [0.2, 0.25) is 0 Å². The number of aromatic amines is 1. The minimum atomic E-state index is -0.531. The Labute approximate surface area is 151 Å². The fraction of sp³-hybridized carbons (Fsp3) is 0.333. The molecule has 0 unspecified atom stereocenters. The lowest BCUT2D eigenvalue weighted by atomic mass is 9.99. The Kier molecular flexibility index (Phi) is 4.89. The predicted molar refractivity (Wildman–Crippen MR) is 98.8 cm³/mol. The molecule has 0 bridgehead atoms. The van der Waals surface area contributed by atoms with E-state index in [1.54, 1.807) is 0 Å². The van der Waals surface area contributed by atoms with Crippen LogP contribution in [0, 0.1) is 11.6 Å². The Morgan fingerprint density at radius 2 is 1.92 bits per heavy atom. The Bertz CT molecular complexity index is 920. The van der Waals surface area contributed by atoms with E-state index in [0.29, 0.717) is 6.61 Å². The van der Waals surface area contributed by atoms with Crippen molar-refractivity contribution >= 4 is 10.9 Å². The highest BCUT2D eigenvalue weighted by atomic mass is 19.1. The van der Waals surface area contributed by atoms with E-state index in [4.69, 9.17) is 4.74 Å². The summed E-state index contributed by atoms with van der Waals surface area (Å²) in [4.78, 5) is 3.56. The first-order chi connectivity index (χ1) is 12.7. The second-order valence-electron chi connectivity index (χ2n) is 6.70. The molecule has 4 rings (SSSR count). The van der Waals surface area contributed by atoms with Crippen LogP contribution in [0.1, 0.15) is 23.2 Å². The molecule has 0 saturated heterocycles. The third kappa shape index (κ3) is 3.44. The van der Waals surface area contributed by atoms with Crippen LogP contribution in [0.5, 0.6) is 5.75 Å². The van der Waals surface area contributed by atoms with Gasteiger partial charge in [-0.3, -0.25) is 0 Å². The predicted octanol–water partition coefficient (Wildman–Crippen LogP) is 4.15. The van der Waals surface area contributed by atoms with E-state index in [0.717, 1.165) is 57.0 Å². The van der Waals surface area contributed by atoms with E-state index >= 15 is 0 Å². The molecule has 1 aromatic heterocycles. The van der Waals surface area contributed by atoms with E-state index in [9.17, 15) is 8.78 Å². The van der Waals surface area contributed by atoms with Gasteiger partial charge in [0.2, 0.25) is 0 Å². The van der Waals surface area contributed by atoms with Gasteiger partial charge < -0.3 is 15.0 Å². The van der Waals surface area contributed by atoms with Crippen molar-refractivity contribution in [2.75, 3.05) is 19.7 Å². The molecule has 3 nitrogen and oxygen atoms in total. The minimum absolute atomic E-state index is 0.0233. The van der Waals surface area contributed by atoms with Crippen LogP contribution in [0.25, 0.3) is 10.9 Å². The Balaban J connectivity index is 1.47. The first kappa shape index (κ1) is 17.0. The summed E-state index contributed by atoms with van der Waals surface area (Å²) in [5, 5.41) is 4.76. The fourth-order valence-corrected chi connectivity index (χ4v) is 3.73. The third-order valence-electron chi connectivity index (χ3n) is 4.95. The fourth-order valence-electron chi connectivity index (χ4n) is 3.73. The second-order valence-corrected chi connectivity index (χ2v) is 6.70. The Hall–Kier alpha value is -2.40. The average Bonchev–Trinajstić information content (AvgIpc) is 2.84. The molecule has 0 amide bonds. The summed E-state index contributed by atoms with van der Waals surface area (Å²) in [7, 11) is 0. The molecular weight excluding hydrogens is 334 g/mol. The molecule has 0 aliphatic carbocycles. The maximum absolute atomic E-state index is 13.6. The first-order valence-corrected chi connectivity index (χ1v) is 9.12. The molecule has 26 heavy (non-hydrogen) atoms. The van der Waals surface area contributed by atoms with Crippen molar-refractivity contribution in [1.82, 2.24) is 10.3 Å². The summed E-state index contributed by atoms with van der Waals surface area (Å²) in [5.41, 5.74) is 5.21. The number of fused-ring (bicyclic) bond motifs is 3. The van der Waals surface area contributed by atoms with Crippen molar-refractivity contribution in [2.45, 2.75) is 25.7 Å². The van der Waals surface area contributed by atoms with Crippen molar-refractivity contribution in [3.05, 3.63) is 64.9 Å². The Morgan fingerprint density at radius 1 is 1.04 bits per heavy atom. The SMILES string of the molecule is Fc1ccc(F)c(OCCCc2cccc3[nH]c4c(c23)CCNCC4)c1. The van der Waals surface area contributed by atoms with Crippen molar-refractivity contribution in [3.8, 4) is 5.75 Å². The van der Waals surface area contributed by atoms with Gasteiger partial charge in [-0.15, -0.1) is 0 Å². The number of nitrogens with one attached hydrogen (secondary N) is 2. The van der Waals surface area contributed by atoms with Gasteiger partial charge in [0.1, 0.15) is 5.82 Å². The smallest absolute Gasteiger partial charge is 0.165 e. The zero-order chi connectivity index (χ0) is 17.9. The third-order valence-corrected chi connectivity index (χ3v) is 4.95. The molecule has 3 aromatic rings. The first-order valence-electron chi connectivity index (χ1n) is 9.12. The number of halogens is 2. The number of hydrogen-bond donors (Lipinski definition) is 2. The van der Waals surface area contributed by atoms with E-state index < -0.39 is 11.6 Å². The molecule has 0 saturated carbocycles. The van der Waals surface area contributed by atoms with Crippen LogP contribution in [-0.2, 0) is 19.3 Å². The molecule has 136 valence electrons. The molecular formula is C21H22F2N2O. The van der Waals surface area contributed by atoms with Crippen molar-refractivity contribution in [1.29, 1.82) is 0 Å². The molecule has 0 fully saturated rings. The number of rotatable bonds is 5. The molecule has 2 N–H and O–H groups in total. The maximum atomic E-state index is 13.6. The number of aryl methyl sites for hydroxylation is 1. The van der Waals surface area contributed by atoms with Crippen LogP contribution < -0.4 is 10.1 Å². The molecule has 1 aliphatic heterocycles.